The Labute approximate surface area is 87.7 Å². The van der Waals surface area contributed by atoms with Crippen molar-refractivity contribution in [1.82, 2.24) is 10.3 Å². The number of nitrogens with zero attached hydrogens (tertiary/aromatic N) is 1. The van der Waals surface area contributed by atoms with E-state index in [2.05, 4.69) is 16.2 Å². The first-order valence-corrected chi connectivity index (χ1v) is 4.56. The summed E-state index contributed by atoms with van der Waals surface area (Å²) in [6.45, 7) is 1.87. The van der Waals surface area contributed by atoms with Crippen molar-refractivity contribution >= 4 is 5.91 Å². The van der Waals surface area contributed by atoms with Crippen LogP contribution in [0.5, 0.6) is 0 Å². The molecule has 0 aromatic carbocycles. The smallest absolute Gasteiger partial charge is 0.253 e. The summed E-state index contributed by atoms with van der Waals surface area (Å²) in [5, 5.41) is 2.61. The summed E-state index contributed by atoms with van der Waals surface area (Å²) in [7, 11) is 0. The molecular formula is C11H11FN2O. The van der Waals surface area contributed by atoms with Gasteiger partial charge in [0.2, 0.25) is 5.95 Å². The molecule has 1 aromatic rings. The molecule has 78 valence electrons. The lowest BCUT2D eigenvalue weighted by atomic mass is 10.2. The lowest BCUT2D eigenvalue weighted by molar-refractivity contribution is 0.0944. The Morgan fingerprint density at radius 1 is 1.73 bits per heavy atom. The molecule has 0 fully saturated rings. The van der Waals surface area contributed by atoms with Crippen LogP contribution < -0.4 is 5.32 Å². The number of hydrogen-bond donors (Lipinski definition) is 1. The van der Waals surface area contributed by atoms with Gasteiger partial charge in [-0.25, -0.2) is 4.98 Å². The summed E-state index contributed by atoms with van der Waals surface area (Å²) < 4.78 is 12.5. The fourth-order valence-corrected chi connectivity index (χ4v) is 1.01. The molecule has 0 radical (unpaired) electrons. The van der Waals surface area contributed by atoms with Gasteiger partial charge in [-0.2, -0.15) is 4.39 Å². The van der Waals surface area contributed by atoms with E-state index in [0.717, 1.165) is 6.07 Å². The highest BCUT2D eigenvalue weighted by Gasteiger charge is 2.09. The van der Waals surface area contributed by atoms with E-state index < -0.39 is 5.95 Å². The van der Waals surface area contributed by atoms with Gasteiger partial charge in [-0.3, -0.25) is 4.79 Å². The molecule has 15 heavy (non-hydrogen) atoms. The molecule has 0 aliphatic carbocycles. The Kier molecular flexibility index (Phi) is 3.81. The van der Waals surface area contributed by atoms with Crippen LogP contribution in [-0.2, 0) is 0 Å². The third-order valence-corrected chi connectivity index (χ3v) is 1.90. The minimum absolute atomic E-state index is 0.296. The first-order chi connectivity index (χ1) is 7.17. The van der Waals surface area contributed by atoms with Crippen molar-refractivity contribution in [3.63, 3.8) is 0 Å². The SMILES string of the molecule is C#CC(CC)NC(=O)c1ccc(F)nc1. The van der Waals surface area contributed by atoms with Gasteiger partial charge in [-0.15, -0.1) is 6.42 Å². The van der Waals surface area contributed by atoms with Gasteiger partial charge in [-0.05, 0) is 18.6 Å². The highest BCUT2D eigenvalue weighted by atomic mass is 19.1. The molecule has 1 unspecified atom stereocenters. The second-order valence-electron chi connectivity index (χ2n) is 2.97. The number of rotatable bonds is 3. The summed E-state index contributed by atoms with van der Waals surface area (Å²) >= 11 is 0. The maximum Gasteiger partial charge on any atom is 0.253 e. The molecule has 0 spiro atoms. The van der Waals surface area contributed by atoms with Crippen LogP contribution in [0.2, 0.25) is 0 Å². The molecule has 1 aromatic heterocycles. The number of carbonyl (C=O) groups is 1. The van der Waals surface area contributed by atoms with Gasteiger partial charge in [0, 0.05) is 6.20 Å². The maximum atomic E-state index is 12.5. The molecule has 0 saturated carbocycles. The van der Waals surface area contributed by atoms with Crippen LogP contribution in [0.3, 0.4) is 0 Å². The zero-order valence-corrected chi connectivity index (χ0v) is 8.33. The minimum Gasteiger partial charge on any atom is -0.338 e. The number of aromatic nitrogens is 1. The predicted molar refractivity (Wildman–Crippen MR) is 54.6 cm³/mol. The molecule has 3 nitrogen and oxygen atoms in total. The quantitative estimate of drug-likeness (QED) is 0.599. The Morgan fingerprint density at radius 3 is 2.93 bits per heavy atom. The van der Waals surface area contributed by atoms with Gasteiger partial charge < -0.3 is 5.32 Å². The summed E-state index contributed by atoms with van der Waals surface area (Å²) in [6, 6.07) is 2.19. The van der Waals surface area contributed by atoms with Gasteiger partial charge in [-0.1, -0.05) is 12.8 Å². The zero-order valence-electron chi connectivity index (χ0n) is 8.33. The monoisotopic (exact) mass is 206 g/mol. The van der Waals surface area contributed by atoms with Crippen molar-refractivity contribution < 1.29 is 9.18 Å². The maximum absolute atomic E-state index is 12.5. The lowest BCUT2D eigenvalue weighted by Gasteiger charge is -2.09. The minimum atomic E-state index is -0.615. The number of pyridine rings is 1. The normalized spacial score (nSPS) is 11.5. The van der Waals surface area contributed by atoms with E-state index in [9.17, 15) is 9.18 Å². The van der Waals surface area contributed by atoms with E-state index in [-0.39, 0.29) is 11.9 Å². The van der Waals surface area contributed by atoms with Crippen molar-refractivity contribution in [2.24, 2.45) is 0 Å². The number of carbonyl (C=O) groups excluding carboxylic acids is 1. The van der Waals surface area contributed by atoms with Crippen LogP contribution in [0, 0.1) is 18.3 Å². The van der Waals surface area contributed by atoms with Gasteiger partial charge in [0.1, 0.15) is 0 Å². The van der Waals surface area contributed by atoms with Gasteiger partial charge in [0.25, 0.3) is 5.91 Å². The van der Waals surface area contributed by atoms with E-state index >= 15 is 0 Å². The van der Waals surface area contributed by atoms with E-state index in [1.54, 1.807) is 0 Å². The zero-order chi connectivity index (χ0) is 11.3. The van der Waals surface area contributed by atoms with Crippen LogP contribution >= 0.6 is 0 Å². The van der Waals surface area contributed by atoms with Crippen molar-refractivity contribution in [3.8, 4) is 12.3 Å². The van der Waals surface area contributed by atoms with Gasteiger partial charge in [0.05, 0.1) is 11.6 Å². The van der Waals surface area contributed by atoms with Crippen LogP contribution in [0.4, 0.5) is 4.39 Å². The summed E-state index contributed by atoms with van der Waals surface area (Å²) in [4.78, 5) is 14.9. The average molecular weight is 206 g/mol. The second-order valence-corrected chi connectivity index (χ2v) is 2.97. The number of terminal acetylenes is 1. The molecule has 1 rings (SSSR count). The second kappa shape index (κ2) is 5.11. The summed E-state index contributed by atoms with van der Waals surface area (Å²) in [6.07, 6.45) is 7.02. The van der Waals surface area contributed by atoms with E-state index in [1.165, 1.54) is 12.3 Å². The Morgan fingerprint density at radius 2 is 2.47 bits per heavy atom. The third kappa shape index (κ3) is 3.06. The van der Waals surface area contributed by atoms with Crippen LogP contribution in [-0.4, -0.2) is 16.9 Å². The fourth-order valence-electron chi connectivity index (χ4n) is 1.01. The molecule has 0 bridgehead atoms. The Bertz CT molecular complexity index is 381. The number of halogens is 1. The topological polar surface area (TPSA) is 42.0 Å². The van der Waals surface area contributed by atoms with Crippen molar-refractivity contribution in [2.45, 2.75) is 19.4 Å². The Hall–Kier alpha value is -1.89. The van der Waals surface area contributed by atoms with E-state index in [1.807, 2.05) is 6.92 Å². The first kappa shape index (κ1) is 11.2. The molecule has 1 heterocycles. The predicted octanol–water partition coefficient (Wildman–Crippen LogP) is 1.36. The number of hydrogen-bond acceptors (Lipinski definition) is 2. The van der Waals surface area contributed by atoms with Crippen molar-refractivity contribution in [2.75, 3.05) is 0 Å². The molecule has 1 N–H and O–H groups in total. The molecule has 0 saturated heterocycles. The lowest BCUT2D eigenvalue weighted by Crippen LogP contribution is -2.33. The highest BCUT2D eigenvalue weighted by molar-refractivity contribution is 5.94. The molecule has 1 atom stereocenters. The fraction of sp³-hybridized carbons (Fsp3) is 0.273. The molecular weight excluding hydrogens is 195 g/mol. The summed E-state index contributed by atoms with van der Waals surface area (Å²) in [5.74, 6) is 1.48. The van der Waals surface area contributed by atoms with Crippen LogP contribution in [0.25, 0.3) is 0 Å². The van der Waals surface area contributed by atoms with Gasteiger partial charge in [0.15, 0.2) is 0 Å². The van der Waals surface area contributed by atoms with E-state index in [0.29, 0.717) is 12.0 Å². The summed E-state index contributed by atoms with van der Waals surface area (Å²) in [5.41, 5.74) is 0.296. The molecule has 1 amide bonds. The van der Waals surface area contributed by atoms with E-state index in [4.69, 9.17) is 6.42 Å². The molecule has 0 aliphatic heterocycles. The van der Waals surface area contributed by atoms with Crippen LogP contribution in [0.15, 0.2) is 18.3 Å². The number of amides is 1. The highest BCUT2D eigenvalue weighted by Crippen LogP contribution is 2.00. The molecule has 0 aliphatic rings. The number of nitrogens with one attached hydrogen (secondary N) is 1. The van der Waals surface area contributed by atoms with Crippen molar-refractivity contribution in [3.05, 3.63) is 29.8 Å². The van der Waals surface area contributed by atoms with Crippen molar-refractivity contribution in [1.29, 1.82) is 0 Å². The first-order valence-electron chi connectivity index (χ1n) is 4.56. The van der Waals surface area contributed by atoms with Crippen LogP contribution in [0.1, 0.15) is 23.7 Å². The standard InChI is InChI=1S/C11H11FN2O/c1-3-9(4-2)14-11(15)8-5-6-10(12)13-7-8/h1,5-7,9H,4H2,2H3,(H,14,15). The largest absolute Gasteiger partial charge is 0.338 e. The third-order valence-electron chi connectivity index (χ3n) is 1.90. The van der Waals surface area contributed by atoms with Gasteiger partial charge >= 0.3 is 0 Å². The average Bonchev–Trinajstić information content (AvgIpc) is 2.26. The Balaban J connectivity index is 2.70. The molecule has 4 heteroatoms.